The zero-order valence-corrected chi connectivity index (χ0v) is 22.4. The van der Waals surface area contributed by atoms with Crippen LogP contribution in [0.2, 0.25) is 0 Å². The molecular weight excluding hydrogens is 566 g/mol. The SMILES string of the molecule is NC1=N[C@@H]2C(O)[C@H](n3cnc4c(N)ncnc43)O[C@@H]2CN=C(N)N[C@H]2C(O)[C@@H](CC1)O[C@H]2n1cnc2c(=O)[nH]c(N)nc21. The molecule has 2 saturated heterocycles. The van der Waals surface area contributed by atoms with Gasteiger partial charge in [0.15, 0.2) is 41.0 Å². The highest BCUT2D eigenvalue weighted by atomic mass is 16.5. The Labute approximate surface area is 240 Å². The van der Waals surface area contributed by atoms with Crippen molar-refractivity contribution in [1.29, 1.82) is 0 Å². The van der Waals surface area contributed by atoms with Crippen LogP contribution in [0.4, 0.5) is 11.8 Å². The fourth-order valence-electron chi connectivity index (χ4n) is 5.78. The number of nitrogens with two attached hydrogens (primary N) is 4. The number of hydrogen-bond acceptors (Lipinski definition) is 17. The van der Waals surface area contributed by atoms with Gasteiger partial charge in [0.25, 0.3) is 5.56 Å². The smallest absolute Gasteiger partial charge is 0.280 e. The van der Waals surface area contributed by atoms with E-state index in [1.165, 1.54) is 23.5 Å². The quantitative estimate of drug-likeness (QED) is 0.111. The summed E-state index contributed by atoms with van der Waals surface area (Å²) in [5, 5.41) is 25.6. The maximum atomic E-state index is 12.3. The van der Waals surface area contributed by atoms with Gasteiger partial charge in [-0.15, -0.1) is 0 Å². The molecule has 7 rings (SSSR count). The molecule has 0 spiro atoms. The highest BCUT2D eigenvalue weighted by Gasteiger charge is 2.48. The third kappa shape index (κ3) is 4.47. The third-order valence-corrected chi connectivity index (χ3v) is 7.85. The van der Waals surface area contributed by atoms with Gasteiger partial charge in [-0.25, -0.2) is 19.9 Å². The molecule has 20 nitrogen and oxygen atoms in total. The van der Waals surface area contributed by atoms with Crippen LogP contribution in [0.15, 0.2) is 33.8 Å². The lowest BCUT2D eigenvalue weighted by atomic mass is 10.0. The first-order chi connectivity index (χ1) is 20.7. The Morgan fingerprint density at radius 3 is 2.47 bits per heavy atom. The molecule has 8 atom stereocenters. The van der Waals surface area contributed by atoms with Crippen LogP contribution in [0.5, 0.6) is 0 Å². The lowest BCUT2D eigenvalue weighted by Crippen LogP contribution is -2.49. The summed E-state index contributed by atoms with van der Waals surface area (Å²) in [7, 11) is 0. The normalized spacial score (nSPS) is 31.5. The topological polar surface area (TPSA) is 307 Å². The zero-order valence-electron chi connectivity index (χ0n) is 22.4. The lowest BCUT2D eigenvalue weighted by Gasteiger charge is -2.23. The van der Waals surface area contributed by atoms with Crippen molar-refractivity contribution >= 4 is 45.9 Å². The van der Waals surface area contributed by atoms with E-state index in [4.69, 9.17) is 32.4 Å². The van der Waals surface area contributed by atoms with Gasteiger partial charge in [0.2, 0.25) is 5.95 Å². The van der Waals surface area contributed by atoms with Crippen molar-refractivity contribution in [3.8, 4) is 0 Å². The van der Waals surface area contributed by atoms with E-state index in [1.54, 1.807) is 4.57 Å². The van der Waals surface area contributed by atoms with Gasteiger partial charge in [-0.05, 0) is 6.42 Å². The average Bonchev–Trinajstić information content (AvgIpc) is 3.72. The largest absolute Gasteiger partial charge is 0.388 e. The summed E-state index contributed by atoms with van der Waals surface area (Å²) in [5.74, 6) is 0.279. The molecule has 0 aromatic carbocycles. The van der Waals surface area contributed by atoms with Crippen LogP contribution in [0.25, 0.3) is 22.3 Å². The number of aliphatic imine (C=N–C) groups is 2. The molecule has 4 aromatic rings. The van der Waals surface area contributed by atoms with Crippen molar-refractivity contribution in [3.05, 3.63) is 29.3 Å². The molecule has 0 aliphatic carbocycles. The Bertz CT molecular complexity index is 1820. The molecule has 226 valence electrons. The number of aliphatic hydroxyl groups excluding tert-OH is 2. The van der Waals surface area contributed by atoms with Crippen molar-refractivity contribution < 1.29 is 19.7 Å². The number of nitrogens with zero attached hydrogens (tertiary/aromatic N) is 9. The molecule has 43 heavy (non-hydrogen) atoms. The van der Waals surface area contributed by atoms with E-state index < -0.39 is 54.5 Å². The van der Waals surface area contributed by atoms with Gasteiger partial charge in [0, 0.05) is 6.42 Å². The van der Waals surface area contributed by atoms with Gasteiger partial charge in [0.1, 0.15) is 42.2 Å². The maximum absolute atomic E-state index is 12.3. The average molecular weight is 596 g/mol. The molecule has 3 aliphatic heterocycles. The number of aromatic nitrogens is 8. The fourth-order valence-corrected chi connectivity index (χ4v) is 5.78. The molecule has 2 fully saturated rings. The van der Waals surface area contributed by atoms with E-state index in [1.807, 2.05) is 0 Å². The predicted molar refractivity (Wildman–Crippen MR) is 150 cm³/mol. The minimum Gasteiger partial charge on any atom is -0.388 e. The Hall–Kier alpha value is -4.92. The van der Waals surface area contributed by atoms with Crippen LogP contribution in [-0.2, 0) is 9.47 Å². The number of aliphatic hydroxyl groups is 2. The number of imidazole rings is 2. The second-order valence-electron chi connectivity index (χ2n) is 10.5. The Morgan fingerprint density at radius 1 is 0.907 bits per heavy atom. The van der Waals surface area contributed by atoms with Crippen molar-refractivity contribution in [2.75, 3.05) is 18.0 Å². The molecule has 2 unspecified atom stereocenters. The minimum atomic E-state index is -1.15. The summed E-state index contributed by atoms with van der Waals surface area (Å²) in [6.45, 7) is -0.0170. The van der Waals surface area contributed by atoms with Crippen molar-refractivity contribution in [1.82, 2.24) is 44.4 Å². The van der Waals surface area contributed by atoms with Crippen LogP contribution in [0.1, 0.15) is 25.3 Å². The molecular formula is C23H29N15O5. The van der Waals surface area contributed by atoms with Crippen molar-refractivity contribution in [2.24, 2.45) is 21.5 Å². The van der Waals surface area contributed by atoms with Crippen LogP contribution >= 0.6 is 0 Å². The third-order valence-electron chi connectivity index (χ3n) is 7.85. The number of aromatic amines is 1. The summed E-state index contributed by atoms with van der Waals surface area (Å²) in [4.78, 5) is 44.6. The predicted octanol–water partition coefficient (Wildman–Crippen LogP) is -3.57. The number of ether oxygens (including phenoxy) is 2. The first kappa shape index (κ1) is 26.9. The number of rotatable bonds is 2. The number of hydrogen-bond donors (Lipinski definition) is 8. The minimum absolute atomic E-state index is 0.0170. The van der Waals surface area contributed by atoms with E-state index in [2.05, 4.69) is 45.2 Å². The van der Waals surface area contributed by atoms with Crippen LogP contribution in [0, 0.1) is 0 Å². The summed E-state index contributed by atoms with van der Waals surface area (Å²) in [6.07, 6.45) is -0.859. The standard InChI is InChI=1S/C23H29N15O5/c24-9-2-1-7-14(39)11(20(42-7)38-6-32-13-18(38)35-23(27)36-19(13)41)34-22(26)28-3-8-10(33-9)15(40)21(43-8)37-5-31-12-16(25)29-4-30-17(12)37/h4-8,10-11,14-15,20-21,39-40H,1-3H2,(H2,24,33)(H2,25,29,30)(H3,26,28,34)(H3,27,35,36,41)/t7-,8-,10+,11+,14?,15?,20-,21-/m1/s1. The summed E-state index contributed by atoms with van der Waals surface area (Å²) in [6, 6.07) is -1.63. The van der Waals surface area contributed by atoms with E-state index in [0.717, 1.165) is 0 Å². The second kappa shape index (κ2) is 10.1. The number of anilines is 2. The van der Waals surface area contributed by atoms with Gasteiger partial charge < -0.3 is 47.9 Å². The van der Waals surface area contributed by atoms with Gasteiger partial charge in [0.05, 0.1) is 31.1 Å². The van der Waals surface area contributed by atoms with E-state index in [9.17, 15) is 15.0 Å². The Balaban J connectivity index is 1.20. The summed E-state index contributed by atoms with van der Waals surface area (Å²) >= 11 is 0. The summed E-state index contributed by atoms with van der Waals surface area (Å²) < 4.78 is 15.5. The van der Waals surface area contributed by atoms with Gasteiger partial charge >= 0.3 is 0 Å². The van der Waals surface area contributed by atoms with Crippen molar-refractivity contribution in [3.63, 3.8) is 0 Å². The van der Waals surface area contributed by atoms with Crippen molar-refractivity contribution in [2.45, 2.75) is 61.8 Å². The first-order valence-electron chi connectivity index (χ1n) is 13.4. The van der Waals surface area contributed by atoms with Crippen LogP contribution in [0.3, 0.4) is 0 Å². The number of H-pyrrole nitrogens is 1. The maximum Gasteiger partial charge on any atom is 0.280 e. The van der Waals surface area contributed by atoms with Crippen LogP contribution < -0.4 is 33.8 Å². The molecule has 20 heteroatoms. The van der Waals surface area contributed by atoms with Gasteiger partial charge in [-0.2, -0.15) is 4.98 Å². The highest BCUT2D eigenvalue weighted by molar-refractivity contribution is 5.82. The Kier molecular flexibility index (Phi) is 6.34. The molecule has 4 aromatic heterocycles. The molecule has 7 heterocycles. The summed E-state index contributed by atoms with van der Waals surface area (Å²) in [5.41, 5.74) is 24.7. The molecule has 0 radical (unpaired) electrons. The first-order valence-corrected chi connectivity index (χ1v) is 13.4. The van der Waals surface area contributed by atoms with Gasteiger partial charge in [-0.1, -0.05) is 0 Å². The second-order valence-corrected chi connectivity index (χ2v) is 10.5. The van der Waals surface area contributed by atoms with E-state index in [-0.39, 0.29) is 54.1 Å². The monoisotopic (exact) mass is 595 g/mol. The lowest BCUT2D eigenvalue weighted by molar-refractivity contribution is -0.0320. The van der Waals surface area contributed by atoms with E-state index >= 15 is 0 Å². The fraction of sp³-hybridized carbons (Fsp3) is 0.478. The number of guanidine groups is 1. The molecule has 2 bridgehead atoms. The van der Waals surface area contributed by atoms with E-state index in [0.29, 0.717) is 11.2 Å². The molecule has 0 amide bonds. The molecule has 3 aliphatic rings. The molecule has 0 saturated carbocycles. The number of nitrogen functional groups attached to an aromatic ring is 2. The highest BCUT2D eigenvalue weighted by Crippen LogP contribution is 2.36. The Morgan fingerprint density at radius 2 is 1.65 bits per heavy atom. The number of nitrogens with one attached hydrogen (secondary N) is 2. The van der Waals surface area contributed by atoms with Gasteiger partial charge in [-0.3, -0.25) is 28.9 Å². The number of fused-ring (bicyclic) bond motifs is 5. The van der Waals surface area contributed by atoms with Crippen LogP contribution in [-0.4, -0.2) is 104 Å². The molecule has 12 N–H and O–H groups in total. The number of amidine groups is 1. The zero-order chi connectivity index (χ0) is 30.0.